The SMILES string of the molecule is CC(C)(C)c1ccc(OCC(=O)Nc2ccc(S(=O)(=O)Nc3ncccn3)cc2)c(Br)c1. The average molecular weight is 519 g/mol. The molecule has 0 aliphatic heterocycles. The Balaban J connectivity index is 1.58. The molecule has 1 aromatic heterocycles. The predicted molar refractivity (Wildman–Crippen MR) is 126 cm³/mol. The van der Waals surface area contributed by atoms with Gasteiger partial charge in [0.2, 0.25) is 5.95 Å². The first-order valence-electron chi connectivity index (χ1n) is 9.67. The fourth-order valence-electron chi connectivity index (χ4n) is 2.67. The van der Waals surface area contributed by atoms with E-state index in [2.05, 4.69) is 56.7 Å². The molecule has 3 aromatic rings. The van der Waals surface area contributed by atoms with E-state index in [0.717, 1.165) is 10.0 Å². The number of carbonyl (C=O) groups excluding carboxylic acids is 1. The van der Waals surface area contributed by atoms with Crippen LogP contribution in [0.5, 0.6) is 5.75 Å². The summed E-state index contributed by atoms with van der Waals surface area (Å²) in [5.41, 5.74) is 1.59. The van der Waals surface area contributed by atoms with Crippen LogP contribution in [0.15, 0.2) is 70.3 Å². The van der Waals surface area contributed by atoms with Gasteiger partial charge in [0.15, 0.2) is 6.61 Å². The van der Waals surface area contributed by atoms with Crippen molar-refractivity contribution in [3.63, 3.8) is 0 Å². The molecule has 0 bridgehead atoms. The van der Waals surface area contributed by atoms with Gasteiger partial charge in [0.05, 0.1) is 9.37 Å². The molecule has 1 heterocycles. The van der Waals surface area contributed by atoms with E-state index in [4.69, 9.17) is 4.74 Å². The Labute approximate surface area is 195 Å². The zero-order valence-electron chi connectivity index (χ0n) is 17.8. The van der Waals surface area contributed by atoms with E-state index in [1.54, 1.807) is 6.07 Å². The maximum Gasteiger partial charge on any atom is 0.264 e. The summed E-state index contributed by atoms with van der Waals surface area (Å²) in [7, 11) is -3.84. The van der Waals surface area contributed by atoms with Gasteiger partial charge in [-0.15, -0.1) is 0 Å². The molecule has 168 valence electrons. The Hall–Kier alpha value is -2.98. The second kappa shape index (κ2) is 9.66. The lowest BCUT2D eigenvalue weighted by Gasteiger charge is -2.20. The third kappa shape index (κ3) is 6.27. The molecule has 1 amide bonds. The third-order valence-corrected chi connectivity index (χ3v) is 6.36. The zero-order valence-corrected chi connectivity index (χ0v) is 20.2. The van der Waals surface area contributed by atoms with Crippen LogP contribution >= 0.6 is 15.9 Å². The smallest absolute Gasteiger partial charge is 0.264 e. The van der Waals surface area contributed by atoms with Gasteiger partial charge in [0.25, 0.3) is 15.9 Å². The number of anilines is 2. The summed E-state index contributed by atoms with van der Waals surface area (Å²) in [6.07, 6.45) is 2.87. The topological polar surface area (TPSA) is 110 Å². The first-order chi connectivity index (χ1) is 15.0. The molecular formula is C22H23BrN4O4S. The molecule has 10 heteroatoms. The minimum atomic E-state index is -3.84. The van der Waals surface area contributed by atoms with Crippen LogP contribution in [0.4, 0.5) is 11.6 Å². The molecule has 0 spiro atoms. The summed E-state index contributed by atoms with van der Waals surface area (Å²) >= 11 is 3.48. The first-order valence-corrected chi connectivity index (χ1v) is 11.9. The number of ether oxygens (including phenoxy) is 1. The van der Waals surface area contributed by atoms with E-state index in [0.29, 0.717) is 11.4 Å². The quantitative estimate of drug-likeness (QED) is 0.480. The van der Waals surface area contributed by atoms with Gasteiger partial charge in [0, 0.05) is 18.1 Å². The Morgan fingerprint density at radius 1 is 1.06 bits per heavy atom. The molecule has 0 unspecified atom stereocenters. The Kier molecular flexibility index (Phi) is 7.15. The number of sulfonamides is 1. The monoisotopic (exact) mass is 518 g/mol. The lowest BCUT2D eigenvalue weighted by atomic mass is 9.87. The van der Waals surface area contributed by atoms with Crippen molar-refractivity contribution in [3.8, 4) is 5.75 Å². The molecule has 0 saturated heterocycles. The number of carbonyl (C=O) groups is 1. The maximum atomic E-state index is 12.4. The molecule has 0 radical (unpaired) electrons. The summed E-state index contributed by atoms with van der Waals surface area (Å²) in [4.78, 5) is 19.9. The van der Waals surface area contributed by atoms with Crippen LogP contribution < -0.4 is 14.8 Å². The number of nitrogens with zero attached hydrogens (tertiary/aromatic N) is 2. The van der Waals surface area contributed by atoms with Gasteiger partial charge < -0.3 is 10.1 Å². The van der Waals surface area contributed by atoms with E-state index >= 15 is 0 Å². The van der Waals surface area contributed by atoms with Crippen LogP contribution in [0.2, 0.25) is 0 Å². The van der Waals surface area contributed by atoms with Gasteiger partial charge in [-0.1, -0.05) is 26.8 Å². The second-order valence-corrected chi connectivity index (χ2v) is 10.5. The summed E-state index contributed by atoms with van der Waals surface area (Å²) in [5, 5.41) is 2.68. The van der Waals surface area contributed by atoms with Crippen molar-refractivity contribution in [2.24, 2.45) is 0 Å². The van der Waals surface area contributed by atoms with Gasteiger partial charge in [-0.2, -0.15) is 0 Å². The molecule has 8 nitrogen and oxygen atoms in total. The standard InChI is InChI=1S/C22H23BrN4O4S/c1-22(2,3)15-5-10-19(18(23)13-15)31-14-20(28)26-16-6-8-17(9-7-16)32(29,30)27-21-24-11-4-12-25-21/h4-13H,14H2,1-3H3,(H,26,28)(H,24,25,27). The summed E-state index contributed by atoms with van der Waals surface area (Å²) in [5.74, 6) is 0.163. The van der Waals surface area contributed by atoms with Crippen LogP contribution in [0.25, 0.3) is 0 Å². The number of aromatic nitrogens is 2. The summed E-state index contributed by atoms with van der Waals surface area (Å²) < 4.78 is 33.5. The number of hydrogen-bond donors (Lipinski definition) is 2. The fraction of sp³-hybridized carbons (Fsp3) is 0.227. The van der Waals surface area contributed by atoms with Gasteiger partial charge in [0.1, 0.15) is 5.75 Å². The zero-order chi connectivity index (χ0) is 23.4. The highest BCUT2D eigenvalue weighted by Gasteiger charge is 2.17. The van der Waals surface area contributed by atoms with Crippen molar-refractivity contribution < 1.29 is 17.9 Å². The number of amides is 1. The average Bonchev–Trinajstić information content (AvgIpc) is 2.73. The van der Waals surface area contributed by atoms with Crippen molar-refractivity contribution in [1.29, 1.82) is 0 Å². The largest absolute Gasteiger partial charge is 0.483 e. The minimum Gasteiger partial charge on any atom is -0.483 e. The van der Waals surface area contributed by atoms with Crippen LogP contribution in [0, 0.1) is 0 Å². The van der Waals surface area contributed by atoms with E-state index in [1.807, 2.05) is 18.2 Å². The Bertz CT molecular complexity index is 1190. The van der Waals surface area contributed by atoms with Gasteiger partial charge in [-0.05, 0) is 69.4 Å². The third-order valence-electron chi connectivity index (χ3n) is 4.40. The van der Waals surface area contributed by atoms with Gasteiger partial charge in [-0.25, -0.2) is 23.1 Å². The lowest BCUT2D eigenvalue weighted by molar-refractivity contribution is -0.118. The normalized spacial score (nSPS) is 11.6. The van der Waals surface area contributed by atoms with Gasteiger partial charge in [-0.3, -0.25) is 4.79 Å². The highest BCUT2D eigenvalue weighted by Crippen LogP contribution is 2.31. The number of hydrogen-bond acceptors (Lipinski definition) is 6. The van der Waals surface area contributed by atoms with E-state index in [-0.39, 0.29) is 28.8 Å². The second-order valence-electron chi connectivity index (χ2n) is 7.93. The minimum absolute atomic E-state index is 0.00169. The molecular weight excluding hydrogens is 496 g/mol. The van der Waals surface area contributed by atoms with Crippen LogP contribution in [-0.4, -0.2) is 30.9 Å². The molecule has 0 atom stereocenters. The van der Waals surface area contributed by atoms with Crippen LogP contribution in [-0.2, 0) is 20.2 Å². The van der Waals surface area contributed by atoms with E-state index < -0.39 is 10.0 Å². The van der Waals surface area contributed by atoms with Crippen LogP contribution in [0.3, 0.4) is 0 Å². The number of nitrogens with one attached hydrogen (secondary N) is 2. The first kappa shape index (κ1) is 23.7. The summed E-state index contributed by atoms with van der Waals surface area (Å²) in [6, 6.07) is 13.1. The van der Waals surface area contributed by atoms with E-state index in [1.165, 1.54) is 36.7 Å². The van der Waals surface area contributed by atoms with Crippen molar-refractivity contribution >= 4 is 43.5 Å². The van der Waals surface area contributed by atoms with Crippen molar-refractivity contribution in [3.05, 3.63) is 71.0 Å². The molecule has 2 N–H and O–H groups in total. The lowest BCUT2D eigenvalue weighted by Crippen LogP contribution is -2.20. The molecule has 0 saturated carbocycles. The predicted octanol–water partition coefficient (Wildman–Crippen LogP) is 4.35. The molecule has 2 aromatic carbocycles. The maximum absolute atomic E-state index is 12.4. The molecule has 0 fully saturated rings. The van der Waals surface area contributed by atoms with Crippen molar-refractivity contribution in [1.82, 2.24) is 9.97 Å². The molecule has 0 aliphatic rings. The van der Waals surface area contributed by atoms with Gasteiger partial charge >= 0.3 is 0 Å². The molecule has 32 heavy (non-hydrogen) atoms. The van der Waals surface area contributed by atoms with E-state index in [9.17, 15) is 13.2 Å². The van der Waals surface area contributed by atoms with Crippen molar-refractivity contribution in [2.45, 2.75) is 31.1 Å². The summed E-state index contributed by atoms with van der Waals surface area (Å²) in [6.45, 7) is 6.15. The number of rotatable bonds is 7. The Morgan fingerprint density at radius 2 is 1.72 bits per heavy atom. The molecule has 0 aliphatic carbocycles. The Morgan fingerprint density at radius 3 is 2.31 bits per heavy atom. The number of benzene rings is 2. The highest BCUT2D eigenvalue weighted by atomic mass is 79.9. The molecule has 3 rings (SSSR count). The fourth-order valence-corrected chi connectivity index (χ4v) is 4.12. The highest BCUT2D eigenvalue weighted by molar-refractivity contribution is 9.10. The van der Waals surface area contributed by atoms with Crippen LogP contribution in [0.1, 0.15) is 26.3 Å². The van der Waals surface area contributed by atoms with Crippen molar-refractivity contribution in [2.75, 3.05) is 16.6 Å². The number of halogens is 1.